The van der Waals surface area contributed by atoms with Gasteiger partial charge in [0.25, 0.3) is 0 Å². The third-order valence-corrected chi connectivity index (χ3v) is 9.03. The molecule has 0 fully saturated rings. The molecule has 0 radical (unpaired) electrons. The van der Waals surface area contributed by atoms with E-state index in [-0.39, 0.29) is 0 Å². The van der Waals surface area contributed by atoms with E-state index in [2.05, 4.69) is 102 Å². The molecular weight excluding hydrogens is 564 g/mol. The van der Waals surface area contributed by atoms with Crippen LogP contribution in [0.5, 0.6) is 0 Å². The standard InChI is InChI=1S/C41H24N4O/c1-2-10-25(11-3-1)30-18-19-34(42-24-30)39-43-40(38-31-16-8-9-17-37(31)46-41(38)44-39)45-35-22-28-14-6-4-12-26(28)20-32(35)33-21-27-13-5-7-15-29(27)23-36(33)45/h1-24H. The Morgan fingerprint density at radius 3 is 1.76 bits per heavy atom. The summed E-state index contributed by atoms with van der Waals surface area (Å²) in [4.78, 5) is 15.1. The van der Waals surface area contributed by atoms with E-state index in [1.807, 2.05) is 48.7 Å². The molecule has 0 aliphatic rings. The topological polar surface area (TPSA) is 56.7 Å². The van der Waals surface area contributed by atoms with Gasteiger partial charge in [-0.2, -0.15) is 4.98 Å². The molecule has 0 amide bonds. The summed E-state index contributed by atoms with van der Waals surface area (Å²) >= 11 is 0. The van der Waals surface area contributed by atoms with Crippen molar-refractivity contribution in [2.24, 2.45) is 0 Å². The van der Waals surface area contributed by atoms with Gasteiger partial charge in [-0.15, -0.1) is 0 Å². The number of rotatable bonds is 3. The summed E-state index contributed by atoms with van der Waals surface area (Å²) in [5, 5.41) is 8.94. The normalized spacial score (nSPS) is 11.9. The van der Waals surface area contributed by atoms with Gasteiger partial charge in [0.2, 0.25) is 5.71 Å². The van der Waals surface area contributed by atoms with Crippen molar-refractivity contribution in [1.29, 1.82) is 0 Å². The van der Waals surface area contributed by atoms with E-state index in [0.29, 0.717) is 17.2 Å². The van der Waals surface area contributed by atoms with Crippen LogP contribution < -0.4 is 0 Å². The highest BCUT2D eigenvalue weighted by molar-refractivity contribution is 6.18. The Labute approximate surface area is 263 Å². The number of hydrogen-bond donors (Lipinski definition) is 0. The molecule has 0 aliphatic heterocycles. The second-order valence-electron chi connectivity index (χ2n) is 11.7. The van der Waals surface area contributed by atoms with E-state index in [4.69, 9.17) is 19.4 Å². The summed E-state index contributed by atoms with van der Waals surface area (Å²) in [5.74, 6) is 1.28. The molecule has 46 heavy (non-hydrogen) atoms. The van der Waals surface area contributed by atoms with E-state index in [9.17, 15) is 0 Å². The van der Waals surface area contributed by atoms with Gasteiger partial charge >= 0.3 is 0 Å². The zero-order valence-corrected chi connectivity index (χ0v) is 24.6. The summed E-state index contributed by atoms with van der Waals surface area (Å²) in [6.45, 7) is 0. The minimum Gasteiger partial charge on any atom is -0.437 e. The van der Waals surface area contributed by atoms with Gasteiger partial charge < -0.3 is 4.42 Å². The molecule has 0 atom stereocenters. The highest BCUT2D eigenvalue weighted by Gasteiger charge is 2.23. The molecule has 6 aromatic carbocycles. The lowest BCUT2D eigenvalue weighted by atomic mass is 10.0. The maximum atomic E-state index is 6.42. The Bertz CT molecular complexity index is 2700. The maximum Gasteiger partial charge on any atom is 0.233 e. The zero-order chi connectivity index (χ0) is 30.2. The van der Waals surface area contributed by atoms with Crippen LogP contribution in [0.3, 0.4) is 0 Å². The van der Waals surface area contributed by atoms with Crippen LogP contribution in [0.1, 0.15) is 0 Å². The maximum absolute atomic E-state index is 6.42. The first-order valence-corrected chi connectivity index (χ1v) is 15.4. The molecule has 4 aromatic heterocycles. The average molecular weight is 589 g/mol. The minimum absolute atomic E-state index is 0.512. The molecule has 0 spiro atoms. The summed E-state index contributed by atoms with van der Waals surface area (Å²) in [7, 11) is 0. The smallest absolute Gasteiger partial charge is 0.233 e. The molecule has 5 heteroatoms. The van der Waals surface area contributed by atoms with Crippen molar-refractivity contribution in [3.63, 3.8) is 0 Å². The van der Waals surface area contributed by atoms with Crippen LogP contribution in [0.4, 0.5) is 0 Å². The number of nitrogens with zero attached hydrogens (tertiary/aromatic N) is 4. The van der Waals surface area contributed by atoms with Gasteiger partial charge in [-0.05, 0) is 63.5 Å². The predicted octanol–water partition coefficient (Wildman–Crippen LogP) is 10.5. The quantitative estimate of drug-likeness (QED) is 0.206. The third-order valence-electron chi connectivity index (χ3n) is 9.03. The Morgan fingerprint density at radius 1 is 0.500 bits per heavy atom. The molecular formula is C41H24N4O. The van der Waals surface area contributed by atoms with E-state index < -0.39 is 0 Å². The Hall–Kier alpha value is -6.33. The summed E-state index contributed by atoms with van der Waals surface area (Å²) < 4.78 is 8.71. The average Bonchev–Trinajstić information content (AvgIpc) is 3.64. The Kier molecular flexibility index (Phi) is 5.22. The van der Waals surface area contributed by atoms with Crippen LogP contribution in [0.25, 0.3) is 93.9 Å². The van der Waals surface area contributed by atoms with Gasteiger partial charge in [-0.1, -0.05) is 103 Å². The minimum atomic E-state index is 0.512. The molecule has 10 rings (SSSR count). The van der Waals surface area contributed by atoms with E-state index in [1.54, 1.807) is 0 Å². The monoisotopic (exact) mass is 588 g/mol. The molecule has 0 unspecified atom stereocenters. The second-order valence-corrected chi connectivity index (χ2v) is 11.7. The van der Waals surface area contributed by atoms with Crippen LogP contribution in [0, 0.1) is 0 Å². The lowest BCUT2D eigenvalue weighted by molar-refractivity contribution is 0.653. The van der Waals surface area contributed by atoms with Crippen LogP contribution in [0.15, 0.2) is 150 Å². The van der Waals surface area contributed by atoms with Crippen molar-refractivity contribution < 1.29 is 4.42 Å². The van der Waals surface area contributed by atoms with Crippen molar-refractivity contribution in [3.8, 4) is 28.5 Å². The molecule has 214 valence electrons. The fourth-order valence-electron chi connectivity index (χ4n) is 6.82. The summed E-state index contributed by atoms with van der Waals surface area (Å²) in [6, 6.07) is 48.6. The number of pyridine rings is 1. The van der Waals surface area contributed by atoms with E-state index in [0.717, 1.165) is 44.3 Å². The highest BCUT2D eigenvalue weighted by Crippen LogP contribution is 2.40. The summed E-state index contributed by atoms with van der Waals surface area (Å²) in [5.41, 5.74) is 6.29. The Balaban J connectivity index is 1.32. The molecule has 0 saturated heterocycles. The van der Waals surface area contributed by atoms with Crippen molar-refractivity contribution in [2.45, 2.75) is 0 Å². The second kappa shape index (κ2) is 9.58. The number of aromatic nitrogens is 4. The number of furan rings is 1. The van der Waals surface area contributed by atoms with Crippen LogP contribution >= 0.6 is 0 Å². The van der Waals surface area contributed by atoms with Crippen molar-refractivity contribution >= 4 is 65.4 Å². The largest absolute Gasteiger partial charge is 0.437 e. The lowest BCUT2D eigenvalue weighted by Gasteiger charge is -2.11. The first kappa shape index (κ1) is 25.0. The van der Waals surface area contributed by atoms with E-state index in [1.165, 1.54) is 32.3 Å². The fourth-order valence-corrected chi connectivity index (χ4v) is 6.82. The fraction of sp³-hybridized carbons (Fsp3) is 0. The number of hydrogen-bond acceptors (Lipinski definition) is 4. The molecule has 5 nitrogen and oxygen atoms in total. The SMILES string of the molecule is c1ccc(-c2ccc(-c3nc(-n4c5cc6ccccc6cc5c5cc6ccccc6cc54)c4c(n3)oc3ccccc34)nc2)cc1. The van der Waals surface area contributed by atoms with Gasteiger partial charge in [0.1, 0.15) is 11.3 Å². The van der Waals surface area contributed by atoms with Gasteiger partial charge in [0.15, 0.2) is 11.6 Å². The van der Waals surface area contributed by atoms with Crippen molar-refractivity contribution in [1.82, 2.24) is 19.5 Å². The molecule has 10 aromatic rings. The van der Waals surface area contributed by atoms with Gasteiger partial charge in [0.05, 0.1) is 16.4 Å². The molecule has 0 N–H and O–H groups in total. The predicted molar refractivity (Wildman–Crippen MR) is 187 cm³/mol. The highest BCUT2D eigenvalue weighted by atomic mass is 16.3. The van der Waals surface area contributed by atoms with Crippen LogP contribution in [0.2, 0.25) is 0 Å². The number of benzene rings is 6. The number of para-hydroxylation sites is 1. The van der Waals surface area contributed by atoms with Gasteiger partial charge in [-0.3, -0.25) is 9.55 Å². The first-order chi connectivity index (χ1) is 22.8. The lowest BCUT2D eigenvalue weighted by Crippen LogP contribution is -2.02. The van der Waals surface area contributed by atoms with E-state index >= 15 is 0 Å². The summed E-state index contributed by atoms with van der Waals surface area (Å²) in [6.07, 6.45) is 1.88. The molecule has 0 aliphatic carbocycles. The van der Waals surface area contributed by atoms with Crippen LogP contribution in [-0.4, -0.2) is 19.5 Å². The van der Waals surface area contributed by atoms with Gasteiger partial charge in [-0.25, -0.2) is 4.98 Å². The van der Waals surface area contributed by atoms with Gasteiger partial charge in [0, 0.05) is 27.9 Å². The van der Waals surface area contributed by atoms with Crippen LogP contribution in [-0.2, 0) is 0 Å². The zero-order valence-electron chi connectivity index (χ0n) is 24.6. The number of fused-ring (bicyclic) bond motifs is 8. The first-order valence-electron chi connectivity index (χ1n) is 15.4. The van der Waals surface area contributed by atoms with Crippen molar-refractivity contribution in [2.75, 3.05) is 0 Å². The molecule has 0 saturated carbocycles. The molecule has 4 heterocycles. The molecule has 0 bridgehead atoms. The Morgan fingerprint density at radius 2 is 1.11 bits per heavy atom. The van der Waals surface area contributed by atoms with Crippen molar-refractivity contribution in [3.05, 3.63) is 146 Å². The third kappa shape index (κ3) is 3.72.